The number of ether oxygens (including phenoxy) is 1. The van der Waals surface area contributed by atoms with Gasteiger partial charge in [0.2, 0.25) is 0 Å². The Bertz CT molecular complexity index is 940. The zero-order chi connectivity index (χ0) is 27.2. The average Bonchev–Trinajstić information content (AvgIpc) is 3.50. The van der Waals surface area contributed by atoms with Gasteiger partial charge in [-0.15, -0.1) is 0 Å². The van der Waals surface area contributed by atoms with Crippen molar-refractivity contribution in [3.05, 3.63) is 24.0 Å². The van der Waals surface area contributed by atoms with Crippen LogP contribution in [-0.4, -0.2) is 59.4 Å². The van der Waals surface area contributed by atoms with Gasteiger partial charge in [0.25, 0.3) is 11.8 Å². The molecule has 2 aliphatic heterocycles. The number of aliphatic imine (C=N–C) groups is 1. The molecule has 2 N–H and O–H groups in total. The van der Waals surface area contributed by atoms with Gasteiger partial charge in [0, 0.05) is 26.1 Å². The van der Waals surface area contributed by atoms with Crippen molar-refractivity contribution in [1.82, 2.24) is 9.80 Å². The minimum atomic E-state index is -0.649. The third-order valence-electron chi connectivity index (χ3n) is 9.98. The number of nitrogens with zero attached hydrogens (tertiary/aromatic N) is 3. The summed E-state index contributed by atoms with van der Waals surface area (Å²) in [4.78, 5) is 35.6. The minimum absolute atomic E-state index is 0.0536. The molecule has 7 nitrogen and oxygen atoms in total. The number of amides is 2. The summed E-state index contributed by atoms with van der Waals surface area (Å²) in [5, 5.41) is 0. The number of carbonyl (C=O) groups excluding carboxylic acids is 2. The molecule has 0 radical (unpaired) electrons. The van der Waals surface area contributed by atoms with Crippen LogP contribution in [-0.2, 0) is 14.3 Å². The molecule has 2 heterocycles. The highest BCUT2D eigenvalue weighted by Crippen LogP contribution is 2.42. The van der Waals surface area contributed by atoms with Crippen LogP contribution >= 0.6 is 0 Å². The molecule has 0 aromatic carbocycles. The van der Waals surface area contributed by atoms with Gasteiger partial charge in [-0.3, -0.25) is 14.5 Å². The number of carbonyl (C=O) groups is 2. The zero-order valence-electron chi connectivity index (χ0n) is 24.1. The molecule has 0 bridgehead atoms. The lowest BCUT2D eigenvalue weighted by molar-refractivity contribution is -0.134. The maximum absolute atomic E-state index is 14.1. The predicted octanol–water partition coefficient (Wildman–Crippen LogP) is 5.56. The Morgan fingerprint density at radius 3 is 2.33 bits per heavy atom. The molecular formula is C32H50N4O3. The molecule has 1 saturated heterocycles. The van der Waals surface area contributed by atoms with Crippen LogP contribution in [0.2, 0.25) is 0 Å². The third kappa shape index (κ3) is 7.07. The first-order valence-electron chi connectivity index (χ1n) is 15.9. The number of allylic oxidation sites excluding steroid dienone is 4. The Hall–Kier alpha value is -2.31. The van der Waals surface area contributed by atoms with Crippen LogP contribution < -0.4 is 5.73 Å². The molecule has 0 spiro atoms. The number of rotatable bonds is 10. The van der Waals surface area contributed by atoms with E-state index in [1.165, 1.54) is 64.2 Å². The van der Waals surface area contributed by atoms with Crippen LogP contribution in [0.1, 0.15) is 103 Å². The Balaban J connectivity index is 1.14. The molecule has 2 amide bonds. The van der Waals surface area contributed by atoms with E-state index in [1.807, 2.05) is 17.1 Å². The standard InChI is InChI=1S/C32H50N4O3/c1-24-9-8-14-28(19-24)39-23-29(37)35-17-15-27(22-35)16-18-36-30(38)32(34-31(36)33,20-25-10-4-2-5-11-25)21-26-12-6-3-7-13-26/h8-9,14,24-27H,2-7,10-13,15-23H2,1H3,(H2,33,34). The van der Waals surface area contributed by atoms with Crippen LogP contribution in [0, 0.1) is 23.7 Å². The number of likely N-dealkylation sites (tertiary alicyclic amines) is 1. The molecule has 216 valence electrons. The topological polar surface area (TPSA) is 88.2 Å². The van der Waals surface area contributed by atoms with Crippen LogP contribution in [0.15, 0.2) is 29.0 Å². The lowest BCUT2D eigenvalue weighted by atomic mass is 9.73. The fourth-order valence-electron chi connectivity index (χ4n) is 7.75. The summed E-state index contributed by atoms with van der Waals surface area (Å²) in [6, 6.07) is 0. The SMILES string of the molecule is CC1C=CC=C(OCC(=O)N2CCC(CCN3C(=O)C(CC4CCCCC4)(CC4CCCCC4)N=C3N)C2)C1. The average molecular weight is 539 g/mol. The van der Waals surface area contributed by atoms with E-state index < -0.39 is 5.54 Å². The Morgan fingerprint density at radius 1 is 1.03 bits per heavy atom. The fraction of sp³-hybridized carbons (Fsp3) is 0.781. The number of hydrogen-bond donors (Lipinski definition) is 1. The van der Waals surface area contributed by atoms with E-state index in [4.69, 9.17) is 15.5 Å². The Morgan fingerprint density at radius 2 is 1.69 bits per heavy atom. The normalized spacial score (nSPS) is 28.1. The van der Waals surface area contributed by atoms with Gasteiger partial charge in [0.15, 0.2) is 12.6 Å². The highest BCUT2D eigenvalue weighted by molar-refractivity contribution is 6.06. The number of guanidine groups is 1. The van der Waals surface area contributed by atoms with Crippen molar-refractivity contribution in [3.8, 4) is 0 Å². The van der Waals surface area contributed by atoms with Gasteiger partial charge >= 0.3 is 0 Å². The van der Waals surface area contributed by atoms with Crippen molar-refractivity contribution < 1.29 is 14.3 Å². The molecule has 3 fully saturated rings. The second-order valence-electron chi connectivity index (χ2n) is 13.1. The molecule has 3 aliphatic carbocycles. The third-order valence-corrected chi connectivity index (χ3v) is 9.98. The lowest BCUT2D eigenvalue weighted by Crippen LogP contribution is -2.47. The largest absolute Gasteiger partial charge is 0.488 e. The van der Waals surface area contributed by atoms with Crippen molar-refractivity contribution in [3.63, 3.8) is 0 Å². The molecular weight excluding hydrogens is 488 g/mol. The summed E-state index contributed by atoms with van der Waals surface area (Å²) >= 11 is 0. The van der Waals surface area contributed by atoms with E-state index in [1.54, 1.807) is 4.90 Å². The second-order valence-corrected chi connectivity index (χ2v) is 13.1. The van der Waals surface area contributed by atoms with Crippen molar-refractivity contribution in [2.45, 2.75) is 109 Å². The van der Waals surface area contributed by atoms with Crippen LogP contribution in [0.3, 0.4) is 0 Å². The van der Waals surface area contributed by atoms with Crippen molar-refractivity contribution >= 4 is 17.8 Å². The Labute approximate surface area is 235 Å². The van der Waals surface area contributed by atoms with Crippen LogP contribution in [0.5, 0.6) is 0 Å². The molecule has 39 heavy (non-hydrogen) atoms. The molecule has 2 saturated carbocycles. The molecule has 0 aromatic rings. The van der Waals surface area contributed by atoms with E-state index in [0.717, 1.165) is 51.0 Å². The fourth-order valence-corrected chi connectivity index (χ4v) is 7.75. The molecule has 0 aromatic heterocycles. The Kier molecular flexibility index (Phi) is 9.34. The van der Waals surface area contributed by atoms with Gasteiger partial charge in [-0.25, -0.2) is 4.99 Å². The molecule has 2 atom stereocenters. The van der Waals surface area contributed by atoms with Gasteiger partial charge in [0.05, 0.1) is 5.76 Å². The number of hydrogen-bond acceptors (Lipinski definition) is 5. The summed E-state index contributed by atoms with van der Waals surface area (Å²) < 4.78 is 5.81. The van der Waals surface area contributed by atoms with Crippen LogP contribution in [0.4, 0.5) is 0 Å². The van der Waals surface area contributed by atoms with E-state index >= 15 is 0 Å². The van der Waals surface area contributed by atoms with Crippen molar-refractivity contribution in [1.29, 1.82) is 0 Å². The van der Waals surface area contributed by atoms with Gasteiger partial charge in [-0.05, 0) is 55.4 Å². The minimum Gasteiger partial charge on any atom is -0.488 e. The maximum Gasteiger partial charge on any atom is 0.260 e. The molecule has 2 unspecified atom stereocenters. The summed E-state index contributed by atoms with van der Waals surface area (Å²) in [5.74, 6) is 3.52. The monoisotopic (exact) mass is 538 g/mol. The smallest absolute Gasteiger partial charge is 0.260 e. The molecule has 5 rings (SSSR count). The maximum atomic E-state index is 14.1. The van der Waals surface area contributed by atoms with Gasteiger partial charge in [0.1, 0.15) is 5.54 Å². The van der Waals surface area contributed by atoms with E-state index in [0.29, 0.717) is 36.2 Å². The molecule has 5 aliphatic rings. The van der Waals surface area contributed by atoms with Crippen molar-refractivity contribution in [2.75, 3.05) is 26.2 Å². The summed E-state index contributed by atoms with van der Waals surface area (Å²) in [5.41, 5.74) is 5.85. The summed E-state index contributed by atoms with van der Waals surface area (Å²) in [6.07, 6.45) is 23.1. The summed E-state index contributed by atoms with van der Waals surface area (Å²) in [6.45, 7) is 4.34. The van der Waals surface area contributed by atoms with Crippen molar-refractivity contribution in [2.24, 2.45) is 34.4 Å². The zero-order valence-corrected chi connectivity index (χ0v) is 24.1. The second kappa shape index (κ2) is 12.9. The highest BCUT2D eigenvalue weighted by Gasteiger charge is 2.50. The van der Waals surface area contributed by atoms with Gasteiger partial charge < -0.3 is 15.4 Å². The van der Waals surface area contributed by atoms with Gasteiger partial charge in [-0.1, -0.05) is 83.3 Å². The van der Waals surface area contributed by atoms with E-state index in [9.17, 15) is 9.59 Å². The van der Waals surface area contributed by atoms with Crippen LogP contribution in [0.25, 0.3) is 0 Å². The van der Waals surface area contributed by atoms with E-state index in [-0.39, 0.29) is 18.4 Å². The predicted molar refractivity (Wildman–Crippen MR) is 155 cm³/mol. The molecule has 7 heteroatoms. The summed E-state index contributed by atoms with van der Waals surface area (Å²) in [7, 11) is 0. The lowest BCUT2D eigenvalue weighted by Gasteiger charge is -2.35. The van der Waals surface area contributed by atoms with E-state index in [2.05, 4.69) is 13.0 Å². The first-order chi connectivity index (χ1) is 18.9. The number of nitrogens with two attached hydrogens (primary N) is 1. The quantitative estimate of drug-likeness (QED) is 0.395. The highest BCUT2D eigenvalue weighted by atomic mass is 16.5. The first kappa shape index (κ1) is 28.2. The first-order valence-corrected chi connectivity index (χ1v) is 15.9. The van der Waals surface area contributed by atoms with Gasteiger partial charge in [-0.2, -0.15) is 0 Å².